The number of benzene rings is 1. The maximum atomic E-state index is 12.2. The normalized spacial score (nSPS) is 16.4. The van der Waals surface area contributed by atoms with Gasteiger partial charge in [-0.25, -0.2) is 4.98 Å². The van der Waals surface area contributed by atoms with Crippen molar-refractivity contribution < 1.29 is 14.3 Å². The van der Waals surface area contributed by atoms with Gasteiger partial charge in [-0.1, -0.05) is 12.1 Å². The van der Waals surface area contributed by atoms with E-state index in [-0.39, 0.29) is 12.5 Å². The Morgan fingerprint density at radius 2 is 2.14 bits per heavy atom. The summed E-state index contributed by atoms with van der Waals surface area (Å²) in [5, 5.41) is 2.88. The number of fused-ring (bicyclic) bond motifs is 1. The van der Waals surface area contributed by atoms with Crippen LogP contribution in [0.2, 0.25) is 0 Å². The Morgan fingerprint density at radius 1 is 1.36 bits per heavy atom. The highest BCUT2D eigenvalue weighted by molar-refractivity contribution is 5.81. The number of hydrogen-bond acceptors (Lipinski definition) is 4. The van der Waals surface area contributed by atoms with E-state index in [1.54, 1.807) is 6.07 Å². The van der Waals surface area contributed by atoms with Crippen molar-refractivity contribution in [3.05, 3.63) is 42.0 Å². The van der Waals surface area contributed by atoms with Crippen LogP contribution in [0.1, 0.15) is 11.5 Å². The van der Waals surface area contributed by atoms with Gasteiger partial charge in [0.25, 0.3) is 5.91 Å². The zero-order chi connectivity index (χ0) is 15.5. The number of rotatable bonds is 4. The number of ether oxygens (including phenoxy) is 2. The second kappa shape index (κ2) is 6.09. The predicted octanol–water partition coefficient (Wildman–Crippen LogP) is 1.46. The minimum Gasteiger partial charge on any atom is -0.485 e. The number of para-hydroxylation sites is 2. The molecular formula is C16H19N3O3. The highest BCUT2D eigenvalue weighted by Gasteiger charge is 2.26. The fourth-order valence-corrected chi connectivity index (χ4v) is 2.47. The van der Waals surface area contributed by atoms with Crippen molar-refractivity contribution in [2.45, 2.75) is 26.5 Å². The Labute approximate surface area is 129 Å². The van der Waals surface area contributed by atoms with Crippen molar-refractivity contribution in [2.75, 3.05) is 13.2 Å². The van der Waals surface area contributed by atoms with Crippen molar-refractivity contribution >= 4 is 5.91 Å². The number of amides is 1. The molecule has 0 aliphatic carbocycles. The van der Waals surface area contributed by atoms with Gasteiger partial charge in [0.05, 0.1) is 0 Å². The first-order valence-corrected chi connectivity index (χ1v) is 7.30. The monoisotopic (exact) mass is 301 g/mol. The van der Waals surface area contributed by atoms with Crippen LogP contribution in [0.25, 0.3) is 0 Å². The minimum absolute atomic E-state index is 0.162. The van der Waals surface area contributed by atoms with Crippen molar-refractivity contribution in [2.24, 2.45) is 0 Å². The fraction of sp³-hybridized carbons (Fsp3) is 0.375. The lowest BCUT2D eigenvalue weighted by Gasteiger charge is -2.25. The van der Waals surface area contributed by atoms with Gasteiger partial charge in [-0.05, 0) is 26.0 Å². The number of carbonyl (C=O) groups is 1. The fourth-order valence-electron chi connectivity index (χ4n) is 2.47. The molecule has 3 rings (SSSR count). The predicted molar refractivity (Wildman–Crippen MR) is 81.1 cm³/mol. The molecule has 2 aromatic rings. The first-order chi connectivity index (χ1) is 10.6. The third-order valence-corrected chi connectivity index (χ3v) is 3.69. The van der Waals surface area contributed by atoms with Crippen LogP contribution >= 0.6 is 0 Å². The van der Waals surface area contributed by atoms with Gasteiger partial charge in [-0.15, -0.1) is 0 Å². The summed E-state index contributed by atoms with van der Waals surface area (Å²) in [4.78, 5) is 16.4. The van der Waals surface area contributed by atoms with E-state index in [4.69, 9.17) is 9.47 Å². The molecule has 1 unspecified atom stereocenters. The van der Waals surface area contributed by atoms with Crippen LogP contribution in [0.4, 0.5) is 0 Å². The first-order valence-electron chi connectivity index (χ1n) is 7.30. The van der Waals surface area contributed by atoms with Crippen LogP contribution in [0, 0.1) is 13.8 Å². The Morgan fingerprint density at radius 3 is 2.86 bits per heavy atom. The molecule has 1 atom stereocenters. The van der Waals surface area contributed by atoms with E-state index >= 15 is 0 Å². The standard InChI is InChI=1S/C16H19N3O3/c1-11-9-18-12(2)19(11)8-7-17-16(20)15-10-21-13-5-3-4-6-14(13)22-15/h3-6,9,15H,7-8,10H2,1-2H3,(H,17,20). The summed E-state index contributed by atoms with van der Waals surface area (Å²) in [5.74, 6) is 2.06. The molecule has 116 valence electrons. The van der Waals surface area contributed by atoms with E-state index < -0.39 is 6.10 Å². The summed E-state index contributed by atoms with van der Waals surface area (Å²) in [5.41, 5.74) is 1.08. The number of hydrogen-bond donors (Lipinski definition) is 1. The third kappa shape index (κ3) is 2.90. The summed E-state index contributed by atoms with van der Waals surface area (Å²) < 4.78 is 13.3. The van der Waals surface area contributed by atoms with Gasteiger partial charge < -0.3 is 19.4 Å². The zero-order valence-corrected chi connectivity index (χ0v) is 12.7. The molecule has 2 heterocycles. The van der Waals surface area contributed by atoms with E-state index in [0.29, 0.717) is 24.6 Å². The van der Waals surface area contributed by atoms with E-state index in [0.717, 1.165) is 11.5 Å². The van der Waals surface area contributed by atoms with Gasteiger partial charge in [-0.3, -0.25) is 4.79 Å². The van der Waals surface area contributed by atoms with Crippen molar-refractivity contribution in [3.63, 3.8) is 0 Å². The zero-order valence-electron chi connectivity index (χ0n) is 12.7. The van der Waals surface area contributed by atoms with Crippen LogP contribution in [0.5, 0.6) is 11.5 Å². The molecule has 1 amide bonds. The van der Waals surface area contributed by atoms with Crippen LogP contribution in [0.15, 0.2) is 30.5 Å². The Balaban J connectivity index is 1.53. The molecule has 1 aromatic heterocycles. The molecule has 22 heavy (non-hydrogen) atoms. The molecule has 0 fully saturated rings. The van der Waals surface area contributed by atoms with Crippen LogP contribution in [-0.4, -0.2) is 34.7 Å². The van der Waals surface area contributed by atoms with Crippen molar-refractivity contribution in [1.29, 1.82) is 0 Å². The molecule has 0 saturated heterocycles. The highest BCUT2D eigenvalue weighted by Crippen LogP contribution is 2.30. The van der Waals surface area contributed by atoms with E-state index in [1.807, 2.05) is 38.2 Å². The maximum Gasteiger partial charge on any atom is 0.264 e. The lowest BCUT2D eigenvalue weighted by Crippen LogP contribution is -2.44. The number of nitrogens with one attached hydrogen (secondary N) is 1. The molecule has 1 aliphatic heterocycles. The summed E-state index contributed by atoms with van der Waals surface area (Å²) in [6.07, 6.45) is 1.21. The van der Waals surface area contributed by atoms with Crippen LogP contribution < -0.4 is 14.8 Å². The van der Waals surface area contributed by atoms with Crippen LogP contribution in [-0.2, 0) is 11.3 Å². The van der Waals surface area contributed by atoms with Gasteiger partial charge in [-0.2, -0.15) is 0 Å². The molecular weight excluding hydrogens is 282 g/mol. The second-order valence-electron chi connectivity index (χ2n) is 5.25. The van der Waals surface area contributed by atoms with E-state index in [2.05, 4.69) is 14.9 Å². The van der Waals surface area contributed by atoms with Gasteiger partial charge in [0.15, 0.2) is 11.5 Å². The number of aromatic nitrogens is 2. The molecule has 0 spiro atoms. The average molecular weight is 301 g/mol. The summed E-state index contributed by atoms with van der Waals surface area (Å²) in [6, 6.07) is 7.35. The molecule has 6 heteroatoms. The largest absolute Gasteiger partial charge is 0.485 e. The summed E-state index contributed by atoms with van der Waals surface area (Å²) in [7, 11) is 0. The van der Waals surface area contributed by atoms with E-state index in [9.17, 15) is 4.79 Å². The number of nitrogens with zero attached hydrogens (tertiary/aromatic N) is 2. The molecule has 0 saturated carbocycles. The van der Waals surface area contributed by atoms with Gasteiger partial charge in [0.2, 0.25) is 6.10 Å². The summed E-state index contributed by atoms with van der Waals surface area (Å²) in [6.45, 7) is 5.39. The SMILES string of the molecule is Cc1cnc(C)n1CCNC(=O)C1COc2ccccc2O1. The second-order valence-corrected chi connectivity index (χ2v) is 5.25. The smallest absolute Gasteiger partial charge is 0.264 e. The lowest BCUT2D eigenvalue weighted by atomic mass is 10.2. The van der Waals surface area contributed by atoms with Gasteiger partial charge >= 0.3 is 0 Å². The first kappa shape index (κ1) is 14.4. The highest BCUT2D eigenvalue weighted by atomic mass is 16.6. The van der Waals surface area contributed by atoms with Gasteiger partial charge in [0, 0.05) is 25.0 Å². The van der Waals surface area contributed by atoms with Crippen LogP contribution in [0.3, 0.4) is 0 Å². The molecule has 6 nitrogen and oxygen atoms in total. The molecule has 1 aromatic carbocycles. The molecule has 1 N–H and O–H groups in total. The number of carbonyl (C=O) groups excluding carboxylic acids is 1. The quantitative estimate of drug-likeness (QED) is 0.928. The average Bonchev–Trinajstić information content (AvgIpc) is 2.86. The molecule has 0 radical (unpaired) electrons. The van der Waals surface area contributed by atoms with Crippen molar-refractivity contribution in [1.82, 2.24) is 14.9 Å². The number of imidazole rings is 1. The Kier molecular flexibility index (Phi) is 4.00. The Hall–Kier alpha value is -2.50. The summed E-state index contributed by atoms with van der Waals surface area (Å²) >= 11 is 0. The minimum atomic E-state index is -0.611. The Bertz CT molecular complexity index is 662. The maximum absolute atomic E-state index is 12.2. The number of aryl methyl sites for hydroxylation is 2. The van der Waals surface area contributed by atoms with Crippen molar-refractivity contribution in [3.8, 4) is 11.5 Å². The molecule has 1 aliphatic rings. The molecule has 0 bridgehead atoms. The van der Waals surface area contributed by atoms with Gasteiger partial charge in [0.1, 0.15) is 12.4 Å². The topological polar surface area (TPSA) is 65.4 Å². The lowest BCUT2D eigenvalue weighted by molar-refractivity contribution is -0.130. The third-order valence-electron chi connectivity index (χ3n) is 3.69. The van der Waals surface area contributed by atoms with E-state index in [1.165, 1.54) is 0 Å².